The largest absolute Gasteiger partial charge is 0.495 e. The molecule has 0 radical (unpaired) electrons. The average molecular weight is 625 g/mol. The second kappa shape index (κ2) is 18.1. The fourth-order valence-electron chi connectivity index (χ4n) is 4.89. The highest BCUT2D eigenvalue weighted by Crippen LogP contribution is 2.26. The highest BCUT2D eigenvalue weighted by molar-refractivity contribution is 6.01. The highest BCUT2D eigenvalue weighted by Gasteiger charge is 2.21. The van der Waals surface area contributed by atoms with E-state index in [9.17, 15) is 24.0 Å². The Bertz CT molecular complexity index is 1330. The van der Waals surface area contributed by atoms with E-state index in [1.807, 2.05) is 37.3 Å². The zero-order chi connectivity index (χ0) is 32.6. The van der Waals surface area contributed by atoms with E-state index in [2.05, 4.69) is 21.3 Å². The van der Waals surface area contributed by atoms with Crippen molar-refractivity contribution in [2.75, 3.05) is 57.0 Å². The van der Waals surface area contributed by atoms with Gasteiger partial charge in [-0.3, -0.25) is 14.4 Å². The van der Waals surface area contributed by atoms with Crippen molar-refractivity contribution in [2.24, 2.45) is 0 Å². The van der Waals surface area contributed by atoms with Gasteiger partial charge in [-0.1, -0.05) is 24.3 Å². The third-order valence-electron chi connectivity index (χ3n) is 7.41. The summed E-state index contributed by atoms with van der Waals surface area (Å²) in [6.07, 6.45) is 3.02. The summed E-state index contributed by atoms with van der Waals surface area (Å²) in [6.45, 7) is 4.28. The van der Waals surface area contributed by atoms with Gasteiger partial charge in [0.1, 0.15) is 5.75 Å². The van der Waals surface area contributed by atoms with Gasteiger partial charge < -0.3 is 40.9 Å². The molecule has 244 valence electrons. The molecule has 1 aliphatic rings. The summed E-state index contributed by atoms with van der Waals surface area (Å²) in [4.78, 5) is 63.6. The van der Waals surface area contributed by atoms with E-state index >= 15 is 0 Å². The normalized spacial score (nSPS) is 12.4. The first-order chi connectivity index (χ1) is 21.7. The molecule has 0 unspecified atom stereocenters. The number of anilines is 2. The fourth-order valence-corrected chi connectivity index (χ4v) is 4.89. The number of urea groups is 2. The lowest BCUT2D eigenvalue weighted by Gasteiger charge is -2.24. The Morgan fingerprint density at radius 3 is 2.42 bits per heavy atom. The van der Waals surface area contributed by atoms with Crippen molar-refractivity contribution in [2.45, 2.75) is 51.9 Å². The van der Waals surface area contributed by atoms with E-state index in [1.54, 1.807) is 17.0 Å². The molecule has 13 nitrogen and oxygen atoms in total. The maximum atomic E-state index is 12.7. The maximum absolute atomic E-state index is 12.7. The third kappa shape index (κ3) is 12.0. The summed E-state index contributed by atoms with van der Waals surface area (Å²) in [6, 6.07) is 12.0. The molecule has 0 spiro atoms. The van der Waals surface area contributed by atoms with Gasteiger partial charge in [0, 0.05) is 57.8 Å². The van der Waals surface area contributed by atoms with Crippen molar-refractivity contribution in [3.63, 3.8) is 0 Å². The number of nitrogens with zero attached hydrogens (tertiary/aromatic N) is 2. The number of rotatable bonds is 17. The predicted molar refractivity (Wildman–Crippen MR) is 170 cm³/mol. The molecule has 13 heteroatoms. The summed E-state index contributed by atoms with van der Waals surface area (Å²) >= 11 is 0. The Balaban J connectivity index is 1.35. The molecule has 0 saturated carbocycles. The van der Waals surface area contributed by atoms with Crippen LogP contribution in [-0.4, -0.2) is 91.1 Å². The van der Waals surface area contributed by atoms with Crippen LogP contribution >= 0.6 is 0 Å². The molecule has 6 amide bonds. The van der Waals surface area contributed by atoms with E-state index in [0.29, 0.717) is 69.0 Å². The van der Waals surface area contributed by atoms with Crippen LogP contribution in [-0.2, 0) is 20.8 Å². The van der Waals surface area contributed by atoms with E-state index in [0.717, 1.165) is 24.1 Å². The Labute approximate surface area is 263 Å². The standard InChI is InChI=1S/C32H44N6O7/c1-23-8-3-4-9-25(23)35-31(43)36-26-13-11-24(22-27(26)45-2)12-14-28(39)33-16-6-17-34-32(44)38(21-15-30(41)42)20-7-19-37-18-5-10-29(37)40/h3-4,8-9,11,13,22H,5-7,10,12,14-21H2,1-2H3,(H,33,39)(H,34,44)(H,41,42)(H2,35,36,43). The minimum Gasteiger partial charge on any atom is -0.495 e. The van der Waals surface area contributed by atoms with Gasteiger partial charge in [0.15, 0.2) is 0 Å². The number of nitrogens with one attached hydrogen (secondary N) is 4. The van der Waals surface area contributed by atoms with Gasteiger partial charge in [-0.05, 0) is 61.9 Å². The number of methoxy groups -OCH3 is 1. The minimum absolute atomic E-state index is 0.0776. The number of aliphatic carboxylic acids is 1. The van der Waals surface area contributed by atoms with Crippen LogP contribution in [0.15, 0.2) is 42.5 Å². The highest BCUT2D eigenvalue weighted by atomic mass is 16.5. The van der Waals surface area contributed by atoms with Gasteiger partial charge in [0.05, 0.1) is 19.2 Å². The molecule has 5 N–H and O–H groups in total. The molecule has 1 aliphatic heterocycles. The second-order valence-electron chi connectivity index (χ2n) is 10.8. The second-order valence-corrected chi connectivity index (χ2v) is 10.8. The smallest absolute Gasteiger partial charge is 0.323 e. The van der Waals surface area contributed by atoms with Crippen molar-refractivity contribution < 1.29 is 33.8 Å². The monoisotopic (exact) mass is 624 g/mol. The molecule has 0 bridgehead atoms. The summed E-state index contributed by atoms with van der Waals surface area (Å²) < 4.78 is 5.45. The lowest BCUT2D eigenvalue weighted by atomic mass is 10.1. The van der Waals surface area contributed by atoms with E-state index in [1.165, 1.54) is 12.0 Å². The van der Waals surface area contributed by atoms with Gasteiger partial charge in [0.2, 0.25) is 11.8 Å². The van der Waals surface area contributed by atoms with Crippen LogP contribution in [0, 0.1) is 6.92 Å². The van der Waals surface area contributed by atoms with Crippen molar-refractivity contribution >= 4 is 41.2 Å². The van der Waals surface area contributed by atoms with Crippen LogP contribution in [0.25, 0.3) is 0 Å². The van der Waals surface area contributed by atoms with Crippen molar-refractivity contribution in [3.05, 3.63) is 53.6 Å². The number of carbonyl (C=O) groups is 5. The molecule has 1 fully saturated rings. The number of carboxylic acid groups (broad SMARTS) is 1. The molecule has 45 heavy (non-hydrogen) atoms. The van der Waals surface area contributed by atoms with Crippen LogP contribution in [0.1, 0.15) is 49.7 Å². The minimum atomic E-state index is -0.988. The van der Waals surface area contributed by atoms with Crippen LogP contribution in [0.2, 0.25) is 0 Å². The molecule has 0 aromatic heterocycles. The molecule has 0 aliphatic carbocycles. The lowest BCUT2D eigenvalue weighted by Crippen LogP contribution is -2.43. The Kier molecular flexibility index (Phi) is 14.0. The fraction of sp³-hybridized carbons (Fsp3) is 0.469. The van der Waals surface area contributed by atoms with E-state index in [-0.39, 0.29) is 37.2 Å². The summed E-state index contributed by atoms with van der Waals surface area (Å²) in [5.41, 5.74) is 3.02. The van der Waals surface area contributed by atoms with E-state index < -0.39 is 12.0 Å². The number of carbonyl (C=O) groups excluding carboxylic acids is 4. The molecule has 0 atom stereocenters. The number of para-hydroxylation sites is 1. The van der Waals surface area contributed by atoms with E-state index in [4.69, 9.17) is 9.84 Å². The molecular weight excluding hydrogens is 580 g/mol. The number of hydrogen-bond donors (Lipinski definition) is 5. The van der Waals surface area contributed by atoms with Gasteiger partial charge in [-0.15, -0.1) is 0 Å². The van der Waals surface area contributed by atoms with Crippen LogP contribution in [0.4, 0.5) is 21.0 Å². The summed E-state index contributed by atoms with van der Waals surface area (Å²) in [7, 11) is 1.51. The summed E-state index contributed by atoms with van der Waals surface area (Å²) in [5.74, 6) is -0.535. The van der Waals surface area contributed by atoms with Gasteiger partial charge >= 0.3 is 18.0 Å². The summed E-state index contributed by atoms with van der Waals surface area (Å²) in [5, 5.41) is 20.3. The molecule has 1 heterocycles. The number of amides is 6. The number of aryl methyl sites for hydroxylation is 2. The average Bonchev–Trinajstić information content (AvgIpc) is 3.43. The van der Waals surface area contributed by atoms with Gasteiger partial charge in [-0.2, -0.15) is 0 Å². The topological polar surface area (TPSA) is 169 Å². The first kappa shape index (κ1) is 34.7. The first-order valence-electron chi connectivity index (χ1n) is 15.3. The first-order valence-corrected chi connectivity index (χ1v) is 15.3. The van der Waals surface area contributed by atoms with Crippen LogP contribution < -0.4 is 26.0 Å². The molecule has 2 aromatic rings. The molecule has 2 aromatic carbocycles. The predicted octanol–water partition coefficient (Wildman–Crippen LogP) is 3.59. The van der Waals surface area contributed by atoms with Crippen LogP contribution in [0.5, 0.6) is 5.75 Å². The number of likely N-dealkylation sites (tertiary alicyclic amines) is 1. The van der Waals surface area contributed by atoms with Crippen molar-refractivity contribution in [1.82, 2.24) is 20.4 Å². The van der Waals surface area contributed by atoms with Crippen molar-refractivity contribution in [3.8, 4) is 5.75 Å². The van der Waals surface area contributed by atoms with Gasteiger partial charge in [-0.25, -0.2) is 9.59 Å². The quantitative estimate of drug-likeness (QED) is 0.168. The number of hydrogen-bond acceptors (Lipinski definition) is 6. The third-order valence-corrected chi connectivity index (χ3v) is 7.41. The lowest BCUT2D eigenvalue weighted by molar-refractivity contribution is -0.137. The number of ether oxygens (including phenoxy) is 1. The molecular formula is C32H44N6O7. The number of benzene rings is 2. The SMILES string of the molecule is COc1cc(CCC(=O)NCCCNC(=O)N(CCCN2CCCC2=O)CCC(=O)O)ccc1NC(=O)Nc1ccccc1C. The Morgan fingerprint density at radius 2 is 1.71 bits per heavy atom. The van der Waals surface area contributed by atoms with Crippen LogP contribution in [0.3, 0.4) is 0 Å². The number of carboxylic acids is 1. The van der Waals surface area contributed by atoms with Crippen molar-refractivity contribution in [1.29, 1.82) is 0 Å². The molecule has 3 rings (SSSR count). The zero-order valence-electron chi connectivity index (χ0n) is 26.0. The maximum Gasteiger partial charge on any atom is 0.323 e. The zero-order valence-corrected chi connectivity index (χ0v) is 26.0. The van der Waals surface area contributed by atoms with Gasteiger partial charge in [0.25, 0.3) is 0 Å². The Hall–Kier alpha value is -4.81. The Morgan fingerprint density at radius 1 is 0.956 bits per heavy atom. The molecule has 1 saturated heterocycles.